The highest BCUT2D eigenvalue weighted by Gasteiger charge is 2.11. The molecule has 1 heterocycles. The SMILES string of the molecule is CN(CC(=O)N(C)C)Cc1cccc(C(=O)NN)n1. The van der Waals surface area contributed by atoms with Gasteiger partial charge in [-0.2, -0.15) is 0 Å². The van der Waals surface area contributed by atoms with Gasteiger partial charge in [-0.25, -0.2) is 10.8 Å². The lowest BCUT2D eigenvalue weighted by Gasteiger charge is -2.18. The first-order valence-corrected chi connectivity index (χ1v) is 5.79. The van der Waals surface area contributed by atoms with E-state index in [0.717, 1.165) is 0 Å². The lowest BCUT2D eigenvalue weighted by atomic mass is 10.2. The number of amides is 2. The predicted molar refractivity (Wildman–Crippen MR) is 70.9 cm³/mol. The van der Waals surface area contributed by atoms with E-state index in [0.29, 0.717) is 18.8 Å². The van der Waals surface area contributed by atoms with Crippen LogP contribution < -0.4 is 11.3 Å². The average Bonchev–Trinajstić information content (AvgIpc) is 2.37. The summed E-state index contributed by atoms with van der Waals surface area (Å²) in [5.74, 6) is 4.63. The fraction of sp³-hybridized carbons (Fsp3) is 0.417. The maximum Gasteiger partial charge on any atom is 0.283 e. The summed E-state index contributed by atoms with van der Waals surface area (Å²) >= 11 is 0. The summed E-state index contributed by atoms with van der Waals surface area (Å²) in [7, 11) is 5.24. The van der Waals surface area contributed by atoms with E-state index >= 15 is 0 Å². The van der Waals surface area contributed by atoms with Crippen molar-refractivity contribution in [3.05, 3.63) is 29.6 Å². The Morgan fingerprint density at radius 1 is 1.32 bits per heavy atom. The molecule has 1 rings (SSSR count). The van der Waals surface area contributed by atoms with Crippen LogP contribution in [0.15, 0.2) is 18.2 Å². The first kappa shape index (κ1) is 15.1. The van der Waals surface area contributed by atoms with Gasteiger partial charge in [-0.3, -0.25) is 19.9 Å². The van der Waals surface area contributed by atoms with Crippen molar-refractivity contribution >= 4 is 11.8 Å². The van der Waals surface area contributed by atoms with E-state index in [4.69, 9.17) is 5.84 Å². The Morgan fingerprint density at radius 3 is 2.58 bits per heavy atom. The molecule has 0 saturated heterocycles. The van der Waals surface area contributed by atoms with E-state index in [1.54, 1.807) is 32.3 Å². The van der Waals surface area contributed by atoms with Crippen molar-refractivity contribution < 1.29 is 9.59 Å². The molecule has 0 atom stereocenters. The maximum atomic E-state index is 11.5. The number of rotatable bonds is 5. The molecule has 0 spiro atoms. The third-order valence-electron chi connectivity index (χ3n) is 2.51. The van der Waals surface area contributed by atoms with Gasteiger partial charge >= 0.3 is 0 Å². The number of nitrogens with zero attached hydrogens (tertiary/aromatic N) is 3. The summed E-state index contributed by atoms with van der Waals surface area (Å²) in [4.78, 5) is 30.4. The lowest BCUT2D eigenvalue weighted by molar-refractivity contribution is -0.129. The number of hydrogen-bond acceptors (Lipinski definition) is 5. The fourth-order valence-electron chi connectivity index (χ4n) is 1.47. The molecular weight excluding hydrogens is 246 g/mol. The summed E-state index contributed by atoms with van der Waals surface area (Å²) in [6.45, 7) is 0.771. The van der Waals surface area contributed by atoms with Gasteiger partial charge in [-0.15, -0.1) is 0 Å². The van der Waals surface area contributed by atoms with Crippen molar-refractivity contribution in [3.8, 4) is 0 Å². The van der Waals surface area contributed by atoms with Crippen LogP contribution in [0.3, 0.4) is 0 Å². The molecule has 0 aliphatic rings. The Labute approximate surface area is 112 Å². The van der Waals surface area contributed by atoms with Crippen LogP contribution in [0.4, 0.5) is 0 Å². The van der Waals surface area contributed by atoms with Crippen LogP contribution >= 0.6 is 0 Å². The largest absolute Gasteiger partial charge is 0.348 e. The van der Waals surface area contributed by atoms with Gasteiger partial charge in [0.1, 0.15) is 5.69 Å². The van der Waals surface area contributed by atoms with Gasteiger partial charge < -0.3 is 4.90 Å². The number of nitrogen functional groups attached to an aromatic ring is 1. The highest BCUT2D eigenvalue weighted by atomic mass is 16.2. The molecule has 0 unspecified atom stereocenters. The van der Waals surface area contributed by atoms with Crippen LogP contribution in [-0.4, -0.2) is 54.3 Å². The maximum absolute atomic E-state index is 11.5. The molecule has 104 valence electrons. The highest BCUT2D eigenvalue weighted by Crippen LogP contribution is 2.03. The highest BCUT2D eigenvalue weighted by molar-refractivity contribution is 5.91. The first-order chi connectivity index (χ1) is 8.93. The first-order valence-electron chi connectivity index (χ1n) is 5.79. The van der Waals surface area contributed by atoms with Crippen LogP contribution in [-0.2, 0) is 11.3 Å². The average molecular weight is 265 g/mol. The molecule has 0 radical (unpaired) electrons. The van der Waals surface area contributed by atoms with E-state index < -0.39 is 5.91 Å². The molecule has 0 aliphatic heterocycles. The van der Waals surface area contributed by atoms with Gasteiger partial charge in [0.05, 0.1) is 12.2 Å². The van der Waals surface area contributed by atoms with E-state index in [-0.39, 0.29) is 11.6 Å². The normalized spacial score (nSPS) is 10.4. The number of hydrogen-bond donors (Lipinski definition) is 2. The number of aromatic nitrogens is 1. The second-order valence-corrected chi connectivity index (χ2v) is 4.45. The second kappa shape index (κ2) is 6.81. The lowest BCUT2D eigenvalue weighted by Crippen LogP contribution is -2.34. The van der Waals surface area contributed by atoms with E-state index in [2.05, 4.69) is 4.98 Å². The van der Waals surface area contributed by atoms with Crippen LogP contribution in [0.5, 0.6) is 0 Å². The van der Waals surface area contributed by atoms with Crippen LogP contribution in [0.2, 0.25) is 0 Å². The molecule has 0 saturated carbocycles. The van der Waals surface area contributed by atoms with E-state index in [9.17, 15) is 9.59 Å². The summed E-state index contributed by atoms with van der Waals surface area (Å²) in [5.41, 5.74) is 2.99. The van der Waals surface area contributed by atoms with Crippen molar-refractivity contribution in [1.82, 2.24) is 20.2 Å². The molecule has 7 heteroatoms. The Kier molecular flexibility index (Phi) is 5.40. The van der Waals surface area contributed by atoms with Crippen LogP contribution in [0, 0.1) is 0 Å². The Morgan fingerprint density at radius 2 is 2.00 bits per heavy atom. The van der Waals surface area contributed by atoms with Crippen LogP contribution in [0.25, 0.3) is 0 Å². The number of nitrogens with one attached hydrogen (secondary N) is 1. The number of carbonyl (C=O) groups excluding carboxylic acids is 2. The predicted octanol–water partition coefficient (Wildman–Crippen LogP) is -0.795. The second-order valence-electron chi connectivity index (χ2n) is 4.45. The topological polar surface area (TPSA) is 91.6 Å². The molecular formula is C12H19N5O2. The standard InChI is InChI=1S/C12H19N5O2/c1-16(2)11(18)8-17(3)7-9-5-4-6-10(14-9)12(19)15-13/h4-6H,7-8,13H2,1-3H3,(H,15,19). The zero-order chi connectivity index (χ0) is 14.4. The van der Waals surface area contributed by atoms with Gasteiger partial charge in [0.2, 0.25) is 5.91 Å². The molecule has 0 fully saturated rings. The van der Waals surface area contributed by atoms with Crippen molar-refractivity contribution in [2.75, 3.05) is 27.7 Å². The Hall–Kier alpha value is -1.99. The molecule has 1 aromatic rings. The Bertz CT molecular complexity index is 461. The molecule has 3 N–H and O–H groups in total. The minimum absolute atomic E-state index is 0.0124. The summed E-state index contributed by atoms with van der Waals surface area (Å²) in [6, 6.07) is 5.11. The third-order valence-corrected chi connectivity index (χ3v) is 2.51. The van der Waals surface area contributed by atoms with Crippen LogP contribution in [0.1, 0.15) is 16.2 Å². The number of nitrogens with two attached hydrogens (primary N) is 1. The smallest absolute Gasteiger partial charge is 0.283 e. The Balaban J connectivity index is 2.66. The quantitative estimate of drug-likeness (QED) is 0.413. The minimum Gasteiger partial charge on any atom is -0.348 e. The number of hydrazine groups is 1. The molecule has 1 aromatic heterocycles. The number of likely N-dealkylation sites (N-methyl/N-ethyl adjacent to an activating group) is 2. The van der Waals surface area contributed by atoms with E-state index in [1.807, 2.05) is 17.4 Å². The van der Waals surface area contributed by atoms with Gasteiger partial charge in [-0.1, -0.05) is 6.07 Å². The summed E-state index contributed by atoms with van der Waals surface area (Å²) in [6.07, 6.45) is 0. The molecule has 0 bridgehead atoms. The fourth-order valence-corrected chi connectivity index (χ4v) is 1.47. The van der Waals surface area contributed by atoms with Crippen molar-refractivity contribution in [3.63, 3.8) is 0 Å². The number of pyridine rings is 1. The molecule has 0 aliphatic carbocycles. The zero-order valence-corrected chi connectivity index (χ0v) is 11.4. The number of carbonyl (C=O) groups is 2. The molecule has 2 amide bonds. The van der Waals surface area contributed by atoms with Crippen molar-refractivity contribution in [1.29, 1.82) is 0 Å². The van der Waals surface area contributed by atoms with Gasteiger partial charge in [0, 0.05) is 20.6 Å². The summed E-state index contributed by atoms with van der Waals surface area (Å²) in [5, 5.41) is 0. The van der Waals surface area contributed by atoms with Gasteiger partial charge in [0.15, 0.2) is 0 Å². The summed E-state index contributed by atoms with van der Waals surface area (Å²) < 4.78 is 0. The molecule has 0 aromatic carbocycles. The van der Waals surface area contributed by atoms with Crippen molar-refractivity contribution in [2.24, 2.45) is 5.84 Å². The van der Waals surface area contributed by atoms with Crippen molar-refractivity contribution in [2.45, 2.75) is 6.54 Å². The molecule has 19 heavy (non-hydrogen) atoms. The van der Waals surface area contributed by atoms with Gasteiger partial charge in [-0.05, 0) is 19.2 Å². The van der Waals surface area contributed by atoms with Gasteiger partial charge in [0.25, 0.3) is 5.91 Å². The monoisotopic (exact) mass is 265 g/mol. The third kappa shape index (κ3) is 4.65. The molecule has 7 nitrogen and oxygen atoms in total. The van der Waals surface area contributed by atoms with E-state index in [1.165, 1.54) is 4.90 Å². The zero-order valence-electron chi connectivity index (χ0n) is 11.4. The minimum atomic E-state index is -0.436.